The summed E-state index contributed by atoms with van der Waals surface area (Å²) in [7, 11) is 0. The number of benzene rings is 5. The maximum absolute atomic E-state index is 2.29. The smallest absolute Gasteiger partial charge is 0.0178 e. The molecule has 0 fully saturated rings. The second-order valence-electron chi connectivity index (χ2n) is 7.47. The van der Waals surface area contributed by atoms with Gasteiger partial charge < -0.3 is 0 Å². The van der Waals surface area contributed by atoms with Gasteiger partial charge in [-0.1, -0.05) is 138 Å². The first-order valence-electron chi connectivity index (χ1n) is 10.3. The number of hydrogen-bond acceptors (Lipinski definition) is 0. The third kappa shape index (κ3) is 5.67. The summed E-state index contributed by atoms with van der Waals surface area (Å²) in [5, 5.41) is 0. The zero-order valence-corrected chi connectivity index (χ0v) is 16.7. The summed E-state index contributed by atoms with van der Waals surface area (Å²) in [5.74, 6) is 0. The van der Waals surface area contributed by atoms with E-state index in [1.807, 2.05) is 0 Å². The Hall–Kier alpha value is -3.90. The summed E-state index contributed by atoms with van der Waals surface area (Å²) in [6.07, 6.45) is 0. The van der Waals surface area contributed by atoms with Crippen molar-refractivity contribution in [2.24, 2.45) is 0 Å². The topological polar surface area (TPSA) is 0 Å². The minimum Gasteiger partial charge on any atom is -0.0776 e. The molecule has 0 aliphatic rings. The van der Waals surface area contributed by atoms with Crippen LogP contribution in [-0.2, 0) is 0 Å². The van der Waals surface area contributed by atoms with Crippen LogP contribution in [0.15, 0.2) is 133 Å². The molecule has 0 saturated carbocycles. The van der Waals surface area contributed by atoms with Gasteiger partial charge in [0.2, 0.25) is 0 Å². The molecule has 0 heterocycles. The van der Waals surface area contributed by atoms with Crippen molar-refractivity contribution in [3.63, 3.8) is 0 Å². The van der Waals surface area contributed by atoms with Crippen LogP contribution in [0.2, 0.25) is 0 Å². The third-order valence-corrected chi connectivity index (χ3v) is 5.47. The maximum Gasteiger partial charge on any atom is -0.0178 e. The standard InChI is InChI=1S/C30H22.3CH4/c1-3-10-23(11-4-1)25-14-7-16-27(20-25)29-18-9-19-30(22-29)28-17-8-15-26(21-28)24-12-5-2-6-13-24;;;/h1-22H;3*1H4. The maximum atomic E-state index is 2.29. The van der Waals surface area contributed by atoms with E-state index in [2.05, 4.69) is 133 Å². The predicted molar refractivity (Wildman–Crippen MR) is 148 cm³/mol. The molecule has 0 amide bonds. The van der Waals surface area contributed by atoms with Gasteiger partial charge in [0.25, 0.3) is 0 Å². The first-order valence-corrected chi connectivity index (χ1v) is 10.3. The van der Waals surface area contributed by atoms with Crippen molar-refractivity contribution in [2.45, 2.75) is 22.3 Å². The molecular weight excluding hydrogens is 396 g/mol. The van der Waals surface area contributed by atoms with Crippen molar-refractivity contribution in [2.75, 3.05) is 0 Å². The van der Waals surface area contributed by atoms with Gasteiger partial charge in [0.15, 0.2) is 0 Å². The third-order valence-electron chi connectivity index (χ3n) is 5.47. The fourth-order valence-electron chi connectivity index (χ4n) is 3.90. The molecule has 5 aromatic rings. The fourth-order valence-corrected chi connectivity index (χ4v) is 3.90. The van der Waals surface area contributed by atoms with Crippen LogP contribution < -0.4 is 0 Å². The molecule has 0 unspecified atom stereocenters. The lowest BCUT2D eigenvalue weighted by Gasteiger charge is -2.10. The van der Waals surface area contributed by atoms with Crippen molar-refractivity contribution in [3.8, 4) is 44.5 Å². The fraction of sp³-hybridized carbons (Fsp3) is 0.0909. The molecule has 0 bridgehead atoms. The molecule has 0 spiro atoms. The van der Waals surface area contributed by atoms with E-state index in [0.717, 1.165) is 0 Å². The minimum atomic E-state index is 0. The molecule has 0 saturated heterocycles. The van der Waals surface area contributed by atoms with Gasteiger partial charge >= 0.3 is 0 Å². The molecule has 0 heteroatoms. The van der Waals surface area contributed by atoms with Crippen LogP contribution in [0.4, 0.5) is 0 Å². The molecule has 0 aliphatic heterocycles. The molecule has 5 aromatic carbocycles. The van der Waals surface area contributed by atoms with Crippen molar-refractivity contribution < 1.29 is 0 Å². The largest absolute Gasteiger partial charge is 0.0776 e. The van der Waals surface area contributed by atoms with Gasteiger partial charge in [-0.05, 0) is 62.7 Å². The highest BCUT2D eigenvalue weighted by molar-refractivity contribution is 5.78. The summed E-state index contributed by atoms with van der Waals surface area (Å²) >= 11 is 0. The zero-order chi connectivity index (χ0) is 20.2. The van der Waals surface area contributed by atoms with E-state index < -0.39 is 0 Å². The Kier molecular flexibility index (Phi) is 8.95. The van der Waals surface area contributed by atoms with Crippen LogP contribution in [-0.4, -0.2) is 0 Å². The summed E-state index contributed by atoms with van der Waals surface area (Å²) in [6.45, 7) is 0. The first kappa shape index (κ1) is 25.4. The van der Waals surface area contributed by atoms with Crippen LogP contribution in [0.5, 0.6) is 0 Å². The van der Waals surface area contributed by atoms with Crippen molar-refractivity contribution in [1.29, 1.82) is 0 Å². The van der Waals surface area contributed by atoms with Gasteiger partial charge in [-0.3, -0.25) is 0 Å². The number of rotatable bonds is 4. The lowest BCUT2D eigenvalue weighted by molar-refractivity contribution is 1.56. The second-order valence-corrected chi connectivity index (χ2v) is 7.47. The Balaban J connectivity index is 0.00000128. The quantitative estimate of drug-likeness (QED) is 0.266. The highest BCUT2D eigenvalue weighted by atomic mass is 14.1. The predicted octanol–water partition coefficient (Wildman–Crippen LogP) is 10.3. The monoisotopic (exact) mass is 430 g/mol. The molecule has 0 nitrogen and oxygen atoms in total. The SMILES string of the molecule is C.C.C.c1ccc(-c2cccc(-c3cccc(-c4cccc(-c5ccccc5)c4)c3)c2)cc1. The van der Waals surface area contributed by atoms with Crippen molar-refractivity contribution in [1.82, 2.24) is 0 Å². The van der Waals surface area contributed by atoms with E-state index >= 15 is 0 Å². The van der Waals surface area contributed by atoms with Crippen LogP contribution in [0.1, 0.15) is 22.3 Å². The first-order chi connectivity index (χ1) is 14.9. The summed E-state index contributed by atoms with van der Waals surface area (Å²) in [6, 6.07) is 47.4. The summed E-state index contributed by atoms with van der Waals surface area (Å²) in [5.41, 5.74) is 9.90. The van der Waals surface area contributed by atoms with E-state index in [1.165, 1.54) is 44.5 Å². The molecule has 0 aromatic heterocycles. The number of hydrogen-bond donors (Lipinski definition) is 0. The van der Waals surface area contributed by atoms with E-state index in [-0.39, 0.29) is 22.3 Å². The van der Waals surface area contributed by atoms with E-state index in [4.69, 9.17) is 0 Å². The summed E-state index contributed by atoms with van der Waals surface area (Å²) in [4.78, 5) is 0. The highest BCUT2D eigenvalue weighted by Gasteiger charge is 2.05. The normalized spacial score (nSPS) is 9.70. The van der Waals surface area contributed by atoms with Crippen LogP contribution in [0.3, 0.4) is 0 Å². The molecule has 0 atom stereocenters. The Morgan fingerprint density at radius 2 is 0.424 bits per heavy atom. The van der Waals surface area contributed by atoms with E-state index in [9.17, 15) is 0 Å². The Morgan fingerprint density at radius 3 is 0.697 bits per heavy atom. The van der Waals surface area contributed by atoms with Gasteiger partial charge in [-0.25, -0.2) is 0 Å². The highest BCUT2D eigenvalue weighted by Crippen LogP contribution is 2.31. The molecule has 33 heavy (non-hydrogen) atoms. The van der Waals surface area contributed by atoms with Gasteiger partial charge in [0.1, 0.15) is 0 Å². The minimum absolute atomic E-state index is 0. The molecule has 0 N–H and O–H groups in total. The molecule has 5 rings (SSSR count). The average Bonchev–Trinajstić information content (AvgIpc) is 2.85. The van der Waals surface area contributed by atoms with Crippen molar-refractivity contribution in [3.05, 3.63) is 133 Å². The van der Waals surface area contributed by atoms with Crippen molar-refractivity contribution >= 4 is 0 Å². The molecule has 166 valence electrons. The summed E-state index contributed by atoms with van der Waals surface area (Å²) < 4.78 is 0. The van der Waals surface area contributed by atoms with Crippen LogP contribution in [0, 0.1) is 0 Å². The molecule has 0 aliphatic carbocycles. The Bertz CT molecular complexity index is 1170. The lowest BCUT2D eigenvalue weighted by Crippen LogP contribution is -1.84. The second kappa shape index (κ2) is 11.6. The lowest BCUT2D eigenvalue weighted by atomic mass is 9.95. The van der Waals surface area contributed by atoms with Gasteiger partial charge in [0.05, 0.1) is 0 Å². The molecular formula is C33H34. The molecule has 0 radical (unpaired) electrons. The Labute approximate surface area is 200 Å². The van der Waals surface area contributed by atoms with Gasteiger partial charge in [-0.15, -0.1) is 0 Å². The van der Waals surface area contributed by atoms with Gasteiger partial charge in [0, 0.05) is 0 Å². The zero-order valence-electron chi connectivity index (χ0n) is 16.7. The van der Waals surface area contributed by atoms with E-state index in [1.54, 1.807) is 0 Å². The van der Waals surface area contributed by atoms with Crippen LogP contribution in [0.25, 0.3) is 44.5 Å². The van der Waals surface area contributed by atoms with E-state index in [0.29, 0.717) is 0 Å². The Morgan fingerprint density at radius 1 is 0.212 bits per heavy atom. The van der Waals surface area contributed by atoms with Gasteiger partial charge in [-0.2, -0.15) is 0 Å². The van der Waals surface area contributed by atoms with Crippen LogP contribution >= 0.6 is 0 Å². The average molecular weight is 431 g/mol.